The Morgan fingerprint density at radius 3 is 2.52 bits per heavy atom. The first kappa shape index (κ1) is 19.6. The molecule has 0 aliphatic carbocycles. The van der Waals surface area contributed by atoms with Crippen molar-refractivity contribution in [1.82, 2.24) is 19.8 Å². The topological polar surface area (TPSA) is 43.1 Å². The maximum atomic E-state index is 14.9. The molecule has 0 fully saturated rings. The summed E-state index contributed by atoms with van der Waals surface area (Å²) in [5.74, 6) is 0.542. The number of hydrogen-bond acceptors (Lipinski definition) is 4. The van der Waals surface area contributed by atoms with Crippen LogP contribution in [0.3, 0.4) is 0 Å². The van der Waals surface area contributed by atoms with E-state index in [-0.39, 0.29) is 11.7 Å². The summed E-state index contributed by atoms with van der Waals surface area (Å²) in [7, 11) is 0. The summed E-state index contributed by atoms with van der Waals surface area (Å²) in [4.78, 5) is 0.756. The largest absolute Gasteiger partial charge is 0.234 e. The average Bonchev–Trinajstić information content (AvgIpc) is 3.37. The molecule has 0 amide bonds. The second kappa shape index (κ2) is 8.04. The van der Waals surface area contributed by atoms with Crippen LogP contribution in [0.25, 0.3) is 16.1 Å². The maximum Gasteiger partial charge on any atom is 0.234 e. The second-order valence-corrected chi connectivity index (χ2v) is 8.67. The summed E-state index contributed by atoms with van der Waals surface area (Å²) in [6.07, 6.45) is 0.672. The molecular formula is C25H21FN4S. The van der Waals surface area contributed by atoms with Gasteiger partial charge in [0, 0.05) is 17.9 Å². The SMILES string of the molecule is Cc1ccccc1Cc1nnc2sc([C@@H](C)c3ccc(-c4ccccc4)c(F)c3)nn12. The van der Waals surface area contributed by atoms with Crippen LogP contribution in [0.4, 0.5) is 4.39 Å². The number of halogens is 1. The summed E-state index contributed by atoms with van der Waals surface area (Å²) in [5.41, 5.74) is 4.80. The van der Waals surface area contributed by atoms with Crippen LogP contribution in [-0.4, -0.2) is 19.8 Å². The molecule has 3 aromatic carbocycles. The molecule has 1 atom stereocenters. The smallest absolute Gasteiger partial charge is 0.206 e. The summed E-state index contributed by atoms with van der Waals surface area (Å²) < 4.78 is 16.7. The van der Waals surface area contributed by atoms with Gasteiger partial charge >= 0.3 is 0 Å². The molecule has 0 spiro atoms. The Morgan fingerprint density at radius 2 is 1.74 bits per heavy atom. The lowest BCUT2D eigenvalue weighted by Crippen LogP contribution is -2.02. The highest BCUT2D eigenvalue weighted by atomic mass is 32.1. The van der Waals surface area contributed by atoms with Crippen LogP contribution in [0.5, 0.6) is 0 Å². The van der Waals surface area contributed by atoms with Gasteiger partial charge in [-0.15, -0.1) is 10.2 Å². The minimum atomic E-state index is -0.223. The number of aromatic nitrogens is 4. The summed E-state index contributed by atoms with van der Waals surface area (Å²) >= 11 is 1.50. The van der Waals surface area contributed by atoms with E-state index in [0.717, 1.165) is 26.9 Å². The van der Waals surface area contributed by atoms with Crippen LogP contribution in [0.1, 0.15) is 40.4 Å². The second-order valence-electron chi connectivity index (χ2n) is 7.68. The quantitative estimate of drug-likeness (QED) is 0.343. The maximum absolute atomic E-state index is 14.9. The first-order chi connectivity index (χ1) is 15.1. The Balaban J connectivity index is 1.44. The number of rotatable bonds is 5. The minimum absolute atomic E-state index is 0.0441. The van der Waals surface area contributed by atoms with Crippen LogP contribution < -0.4 is 0 Å². The Morgan fingerprint density at radius 1 is 0.968 bits per heavy atom. The third-order valence-corrected chi connectivity index (χ3v) is 6.71. The van der Waals surface area contributed by atoms with E-state index in [1.54, 1.807) is 6.07 Å². The Labute approximate surface area is 184 Å². The van der Waals surface area contributed by atoms with Gasteiger partial charge in [0.1, 0.15) is 10.8 Å². The molecule has 0 N–H and O–H groups in total. The van der Waals surface area contributed by atoms with Gasteiger partial charge in [-0.05, 0) is 35.2 Å². The fourth-order valence-corrected chi connectivity index (χ4v) is 4.67. The Kier molecular flexibility index (Phi) is 5.08. The van der Waals surface area contributed by atoms with Gasteiger partial charge < -0.3 is 0 Å². The molecule has 5 aromatic rings. The van der Waals surface area contributed by atoms with Gasteiger partial charge in [0.2, 0.25) is 4.96 Å². The zero-order chi connectivity index (χ0) is 21.4. The molecule has 0 unspecified atom stereocenters. The molecule has 154 valence electrons. The fraction of sp³-hybridized carbons (Fsp3) is 0.160. The molecular weight excluding hydrogens is 407 g/mol. The van der Waals surface area contributed by atoms with Gasteiger partial charge in [-0.3, -0.25) is 0 Å². The van der Waals surface area contributed by atoms with E-state index >= 15 is 0 Å². The number of fused-ring (bicyclic) bond motifs is 1. The molecule has 0 bridgehead atoms. The molecule has 0 saturated carbocycles. The Hall–Kier alpha value is -3.38. The number of benzene rings is 3. The van der Waals surface area contributed by atoms with Crippen LogP contribution in [0.15, 0.2) is 72.8 Å². The molecule has 6 heteroatoms. The zero-order valence-electron chi connectivity index (χ0n) is 17.3. The number of aryl methyl sites for hydroxylation is 1. The Bertz CT molecular complexity index is 1360. The minimum Gasteiger partial charge on any atom is -0.206 e. The molecule has 0 aliphatic heterocycles. The number of nitrogens with zero attached hydrogens (tertiary/aromatic N) is 4. The van der Waals surface area contributed by atoms with Crippen molar-refractivity contribution in [3.8, 4) is 11.1 Å². The van der Waals surface area contributed by atoms with Crippen molar-refractivity contribution < 1.29 is 4.39 Å². The third kappa shape index (κ3) is 3.75. The first-order valence-electron chi connectivity index (χ1n) is 10.2. The van der Waals surface area contributed by atoms with Crippen LogP contribution >= 0.6 is 11.3 Å². The highest BCUT2D eigenvalue weighted by Gasteiger charge is 2.19. The van der Waals surface area contributed by atoms with Gasteiger partial charge in [-0.25, -0.2) is 4.39 Å². The van der Waals surface area contributed by atoms with Crippen molar-refractivity contribution in [2.24, 2.45) is 0 Å². The lowest BCUT2D eigenvalue weighted by atomic mass is 9.97. The highest BCUT2D eigenvalue weighted by molar-refractivity contribution is 7.16. The average molecular weight is 429 g/mol. The molecule has 2 heterocycles. The van der Waals surface area contributed by atoms with Crippen LogP contribution in [-0.2, 0) is 6.42 Å². The third-order valence-electron chi connectivity index (χ3n) is 5.63. The lowest BCUT2D eigenvalue weighted by molar-refractivity contribution is 0.627. The normalized spacial score (nSPS) is 12.4. The van der Waals surface area contributed by atoms with Crippen LogP contribution in [0.2, 0.25) is 0 Å². The van der Waals surface area contributed by atoms with Crippen LogP contribution in [0, 0.1) is 12.7 Å². The molecule has 31 heavy (non-hydrogen) atoms. The van der Waals surface area contributed by atoms with Crippen molar-refractivity contribution >= 4 is 16.3 Å². The van der Waals surface area contributed by atoms with Crippen molar-refractivity contribution in [1.29, 1.82) is 0 Å². The van der Waals surface area contributed by atoms with Crippen molar-refractivity contribution in [3.63, 3.8) is 0 Å². The zero-order valence-corrected chi connectivity index (χ0v) is 18.1. The van der Waals surface area contributed by atoms with E-state index in [1.807, 2.05) is 66.0 Å². The molecule has 4 nitrogen and oxygen atoms in total. The van der Waals surface area contributed by atoms with Gasteiger partial charge in [0.25, 0.3) is 0 Å². The monoisotopic (exact) mass is 428 g/mol. The van der Waals surface area contributed by atoms with E-state index in [2.05, 4.69) is 29.3 Å². The molecule has 5 rings (SSSR count). The predicted molar refractivity (Wildman–Crippen MR) is 122 cm³/mol. The lowest BCUT2D eigenvalue weighted by Gasteiger charge is -2.11. The first-order valence-corrected chi connectivity index (χ1v) is 11.0. The van der Waals surface area contributed by atoms with Gasteiger partial charge in [-0.1, -0.05) is 85.0 Å². The van der Waals surface area contributed by atoms with E-state index in [1.165, 1.54) is 22.5 Å². The van der Waals surface area contributed by atoms with Gasteiger partial charge in [0.15, 0.2) is 5.82 Å². The van der Waals surface area contributed by atoms with E-state index in [9.17, 15) is 4.39 Å². The van der Waals surface area contributed by atoms with E-state index in [0.29, 0.717) is 12.0 Å². The molecule has 0 saturated heterocycles. The molecule has 2 aromatic heterocycles. The van der Waals surface area contributed by atoms with Crippen molar-refractivity contribution in [2.75, 3.05) is 0 Å². The summed E-state index contributed by atoms with van der Waals surface area (Å²) in [6.45, 7) is 4.14. The van der Waals surface area contributed by atoms with Crippen molar-refractivity contribution in [2.45, 2.75) is 26.2 Å². The fourth-order valence-electron chi connectivity index (χ4n) is 3.73. The highest BCUT2D eigenvalue weighted by Crippen LogP contribution is 2.31. The van der Waals surface area contributed by atoms with E-state index < -0.39 is 0 Å². The number of hydrogen-bond donors (Lipinski definition) is 0. The van der Waals surface area contributed by atoms with Crippen molar-refractivity contribution in [3.05, 3.63) is 106 Å². The standard InChI is InChI=1S/C25H21FN4S/c1-16-8-6-7-11-19(16)15-23-27-28-25-30(23)29-24(31-25)17(2)20-12-13-21(22(26)14-20)18-9-4-3-5-10-18/h3-14,17H,15H2,1-2H3/t17-/m0/s1. The van der Waals surface area contributed by atoms with E-state index in [4.69, 9.17) is 5.10 Å². The molecule has 0 aliphatic rings. The summed E-state index contributed by atoms with van der Waals surface area (Å²) in [6, 6.07) is 23.3. The molecule has 0 radical (unpaired) electrons. The van der Waals surface area contributed by atoms with Gasteiger partial charge in [-0.2, -0.15) is 9.61 Å². The predicted octanol–water partition coefficient (Wildman–Crippen LogP) is 6.04. The van der Waals surface area contributed by atoms with Gasteiger partial charge in [0.05, 0.1) is 0 Å². The summed E-state index contributed by atoms with van der Waals surface area (Å²) in [5, 5.41) is 14.3.